The highest BCUT2D eigenvalue weighted by Gasteiger charge is 2.18. The minimum Gasteiger partial charge on any atom is -0.481 e. The Morgan fingerprint density at radius 2 is 1.85 bits per heavy atom. The normalized spacial score (nSPS) is 11.6. The Kier molecular flexibility index (Phi) is 6.86. The predicted molar refractivity (Wildman–Crippen MR) is 107 cm³/mol. The van der Waals surface area contributed by atoms with Crippen molar-refractivity contribution >= 4 is 29.2 Å². The fraction of sp³-hybridized carbons (Fsp3) is 0.333. The van der Waals surface area contributed by atoms with E-state index in [4.69, 9.17) is 21.1 Å². The first kappa shape index (κ1) is 20.8. The number of carbonyl (C=O) groups excluding carboxylic acids is 2. The summed E-state index contributed by atoms with van der Waals surface area (Å²) in [5.41, 5.74) is 3.82. The molecule has 0 aromatic heterocycles. The SMILES string of the molecule is CCOC(=O)c1cc(NC(=O)[C@@H](C)Oc2cc(C)cc(C)c2C)ccc1Cl. The number of amides is 1. The van der Waals surface area contributed by atoms with E-state index in [1.54, 1.807) is 26.0 Å². The van der Waals surface area contributed by atoms with Gasteiger partial charge in [0, 0.05) is 5.69 Å². The van der Waals surface area contributed by atoms with E-state index in [1.807, 2.05) is 26.8 Å². The number of nitrogens with one attached hydrogen (secondary N) is 1. The summed E-state index contributed by atoms with van der Waals surface area (Å²) in [7, 11) is 0. The zero-order valence-electron chi connectivity index (χ0n) is 16.2. The molecule has 0 aliphatic heterocycles. The molecule has 144 valence electrons. The van der Waals surface area contributed by atoms with E-state index >= 15 is 0 Å². The molecule has 2 aromatic rings. The van der Waals surface area contributed by atoms with Gasteiger partial charge in [0.2, 0.25) is 0 Å². The van der Waals surface area contributed by atoms with Gasteiger partial charge in [-0.05, 0) is 75.6 Å². The van der Waals surface area contributed by atoms with Crippen molar-refractivity contribution in [3.8, 4) is 5.75 Å². The van der Waals surface area contributed by atoms with Crippen molar-refractivity contribution in [3.63, 3.8) is 0 Å². The average Bonchev–Trinajstić information content (AvgIpc) is 2.60. The molecule has 0 radical (unpaired) electrons. The van der Waals surface area contributed by atoms with Crippen molar-refractivity contribution in [3.05, 3.63) is 57.6 Å². The van der Waals surface area contributed by atoms with Gasteiger partial charge in [0.25, 0.3) is 5.91 Å². The Morgan fingerprint density at radius 1 is 1.15 bits per heavy atom. The van der Waals surface area contributed by atoms with E-state index in [2.05, 4.69) is 11.4 Å². The van der Waals surface area contributed by atoms with Gasteiger partial charge in [-0.25, -0.2) is 4.79 Å². The highest BCUT2D eigenvalue weighted by atomic mass is 35.5. The number of hydrogen-bond donors (Lipinski definition) is 1. The maximum atomic E-state index is 12.5. The highest BCUT2D eigenvalue weighted by Crippen LogP contribution is 2.25. The van der Waals surface area contributed by atoms with Gasteiger partial charge in [0.1, 0.15) is 5.75 Å². The second-order valence-corrected chi connectivity index (χ2v) is 6.78. The van der Waals surface area contributed by atoms with E-state index in [9.17, 15) is 9.59 Å². The zero-order chi connectivity index (χ0) is 20.1. The fourth-order valence-corrected chi connectivity index (χ4v) is 2.77. The van der Waals surface area contributed by atoms with Crippen LogP contribution < -0.4 is 10.1 Å². The van der Waals surface area contributed by atoms with Crippen LogP contribution in [0.15, 0.2) is 30.3 Å². The molecule has 0 saturated heterocycles. The zero-order valence-corrected chi connectivity index (χ0v) is 16.9. The molecule has 0 heterocycles. The molecule has 0 bridgehead atoms. The molecular weight excluding hydrogens is 366 g/mol. The Balaban J connectivity index is 2.13. The predicted octanol–water partition coefficient (Wildman–Crippen LogP) is 4.85. The van der Waals surface area contributed by atoms with Crippen LogP contribution in [0.25, 0.3) is 0 Å². The van der Waals surface area contributed by atoms with Crippen LogP contribution in [0.4, 0.5) is 5.69 Å². The lowest BCUT2D eigenvalue weighted by molar-refractivity contribution is -0.122. The molecule has 1 atom stereocenters. The summed E-state index contributed by atoms with van der Waals surface area (Å²) in [4.78, 5) is 24.4. The summed E-state index contributed by atoms with van der Waals surface area (Å²) >= 11 is 6.04. The van der Waals surface area contributed by atoms with Crippen molar-refractivity contribution < 1.29 is 19.1 Å². The molecule has 1 N–H and O–H groups in total. The number of rotatable bonds is 6. The number of esters is 1. The summed E-state index contributed by atoms with van der Waals surface area (Å²) in [5, 5.41) is 3.01. The molecule has 0 aliphatic rings. The Morgan fingerprint density at radius 3 is 2.52 bits per heavy atom. The number of hydrogen-bond acceptors (Lipinski definition) is 4. The molecule has 0 spiro atoms. The minimum absolute atomic E-state index is 0.204. The summed E-state index contributed by atoms with van der Waals surface area (Å²) in [5.74, 6) is -0.182. The largest absolute Gasteiger partial charge is 0.481 e. The fourth-order valence-electron chi connectivity index (χ4n) is 2.58. The third-order valence-electron chi connectivity index (χ3n) is 4.17. The van der Waals surface area contributed by atoms with Crippen LogP contribution in [0.3, 0.4) is 0 Å². The van der Waals surface area contributed by atoms with Gasteiger partial charge in [-0.1, -0.05) is 17.7 Å². The molecule has 2 aromatic carbocycles. The van der Waals surface area contributed by atoms with Gasteiger partial charge in [-0.15, -0.1) is 0 Å². The molecule has 0 saturated carbocycles. The van der Waals surface area contributed by atoms with E-state index in [0.717, 1.165) is 16.7 Å². The molecule has 0 fully saturated rings. The molecule has 2 rings (SSSR count). The van der Waals surface area contributed by atoms with Gasteiger partial charge in [0.05, 0.1) is 17.2 Å². The smallest absolute Gasteiger partial charge is 0.339 e. The van der Waals surface area contributed by atoms with Gasteiger partial charge in [0.15, 0.2) is 6.10 Å². The van der Waals surface area contributed by atoms with Crippen molar-refractivity contribution in [2.75, 3.05) is 11.9 Å². The van der Waals surface area contributed by atoms with Gasteiger partial charge in [-0.2, -0.15) is 0 Å². The standard InChI is InChI=1S/C21H24ClNO4/c1-6-26-21(25)17-11-16(7-8-18(17)22)23-20(24)15(5)27-19-10-12(2)9-13(3)14(19)4/h7-11,15H,6H2,1-5H3,(H,23,24)/t15-/m1/s1. The molecular formula is C21H24ClNO4. The quantitative estimate of drug-likeness (QED) is 0.717. The number of aryl methyl sites for hydroxylation is 2. The Hall–Kier alpha value is -2.53. The van der Waals surface area contributed by atoms with E-state index in [0.29, 0.717) is 11.4 Å². The van der Waals surface area contributed by atoms with Crippen LogP contribution in [0.5, 0.6) is 5.75 Å². The van der Waals surface area contributed by atoms with Crippen LogP contribution in [-0.4, -0.2) is 24.6 Å². The summed E-state index contributed by atoms with van der Waals surface area (Å²) < 4.78 is 10.8. The van der Waals surface area contributed by atoms with E-state index in [-0.39, 0.29) is 23.1 Å². The number of carbonyl (C=O) groups is 2. The van der Waals surface area contributed by atoms with Crippen molar-refractivity contribution in [2.45, 2.75) is 40.7 Å². The van der Waals surface area contributed by atoms with Crippen LogP contribution in [-0.2, 0) is 9.53 Å². The van der Waals surface area contributed by atoms with Gasteiger partial charge in [-0.3, -0.25) is 4.79 Å². The molecule has 5 nitrogen and oxygen atoms in total. The van der Waals surface area contributed by atoms with Crippen LogP contribution in [0.2, 0.25) is 5.02 Å². The third-order valence-corrected chi connectivity index (χ3v) is 4.50. The highest BCUT2D eigenvalue weighted by molar-refractivity contribution is 6.33. The number of anilines is 1. The van der Waals surface area contributed by atoms with Gasteiger partial charge >= 0.3 is 5.97 Å². The summed E-state index contributed by atoms with van der Waals surface area (Å²) in [6, 6.07) is 8.64. The number of ether oxygens (including phenoxy) is 2. The first-order chi connectivity index (χ1) is 12.7. The lowest BCUT2D eigenvalue weighted by Gasteiger charge is -2.18. The van der Waals surface area contributed by atoms with Crippen LogP contribution in [0, 0.1) is 20.8 Å². The lowest BCUT2D eigenvalue weighted by Crippen LogP contribution is -2.30. The lowest BCUT2D eigenvalue weighted by atomic mass is 10.1. The second kappa shape index (κ2) is 8.91. The molecule has 0 aliphatic carbocycles. The molecule has 6 heteroatoms. The van der Waals surface area contributed by atoms with E-state index < -0.39 is 12.1 Å². The molecule has 27 heavy (non-hydrogen) atoms. The van der Waals surface area contributed by atoms with Crippen molar-refractivity contribution in [2.24, 2.45) is 0 Å². The first-order valence-electron chi connectivity index (χ1n) is 8.75. The van der Waals surface area contributed by atoms with Gasteiger partial charge < -0.3 is 14.8 Å². The van der Waals surface area contributed by atoms with Crippen LogP contribution >= 0.6 is 11.6 Å². The van der Waals surface area contributed by atoms with Crippen LogP contribution in [0.1, 0.15) is 40.9 Å². The second-order valence-electron chi connectivity index (χ2n) is 6.37. The minimum atomic E-state index is -0.716. The first-order valence-corrected chi connectivity index (χ1v) is 9.12. The third kappa shape index (κ3) is 5.23. The summed E-state index contributed by atoms with van der Waals surface area (Å²) in [6.07, 6.45) is -0.716. The summed E-state index contributed by atoms with van der Waals surface area (Å²) in [6.45, 7) is 9.57. The monoisotopic (exact) mass is 389 g/mol. The van der Waals surface area contributed by atoms with Crippen molar-refractivity contribution in [1.29, 1.82) is 0 Å². The average molecular weight is 390 g/mol. The number of benzene rings is 2. The molecule has 0 unspecified atom stereocenters. The van der Waals surface area contributed by atoms with E-state index in [1.165, 1.54) is 6.07 Å². The van der Waals surface area contributed by atoms with Crippen molar-refractivity contribution in [1.82, 2.24) is 0 Å². The maximum Gasteiger partial charge on any atom is 0.339 e. The topological polar surface area (TPSA) is 64.6 Å². The Bertz CT molecular complexity index is 864. The number of halogens is 1. The Labute approximate surface area is 164 Å². The maximum absolute atomic E-state index is 12.5. The molecule has 1 amide bonds.